The average Bonchev–Trinajstić information content (AvgIpc) is 2.96. The van der Waals surface area contributed by atoms with Crippen molar-refractivity contribution in [1.29, 1.82) is 0 Å². The highest BCUT2D eigenvalue weighted by atomic mass is 16.6. The van der Waals surface area contributed by atoms with Gasteiger partial charge in [0.25, 0.3) is 5.69 Å². The van der Waals surface area contributed by atoms with E-state index in [0.717, 1.165) is 11.3 Å². The Morgan fingerprint density at radius 3 is 2.39 bits per heavy atom. The summed E-state index contributed by atoms with van der Waals surface area (Å²) in [6, 6.07) is 6.44. The van der Waals surface area contributed by atoms with Gasteiger partial charge in [-0.1, -0.05) is 32.9 Å². The molecular weight excluding hydrogens is 396 g/mol. The highest BCUT2D eigenvalue weighted by Gasteiger charge is 2.44. The largest absolute Gasteiger partial charge is 0.459 e. The number of nitro groups is 1. The van der Waals surface area contributed by atoms with Crippen molar-refractivity contribution in [1.82, 2.24) is 9.78 Å². The van der Waals surface area contributed by atoms with Crippen LogP contribution in [0.1, 0.15) is 71.2 Å². The molecule has 31 heavy (non-hydrogen) atoms. The number of aliphatic imine (C=N–C) groups is 1. The van der Waals surface area contributed by atoms with Gasteiger partial charge in [-0.05, 0) is 33.3 Å². The molecule has 2 heterocycles. The summed E-state index contributed by atoms with van der Waals surface area (Å²) in [5, 5.41) is 16.2. The summed E-state index contributed by atoms with van der Waals surface area (Å²) in [4.78, 5) is 29.1. The Kier molecular flexibility index (Phi) is 5.54. The second-order valence-electron chi connectivity index (χ2n) is 10.1. The van der Waals surface area contributed by atoms with E-state index in [1.54, 1.807) is 17.7 Å². The number of non-ortho nitro benzene ring substituents is 1. The van der Waals surface area contributed by atoms with Crippen molar-refractivity contribution >= 4 is 23.2 Å². The zero-order chi connectivity index (χ0) is 23.3. The number of benzene rings is 1. The van der Waals surface area contributed by atoms with Gasteiger partial charge in [0, 0.05) is 41.8 Å². The number of nitrogens with zero attached hydrogens (tertiary/aromatic N) is 4. The Hall–Kier alpha value is -3.03. The van der Waals surface area contributed by atoms with E-state index < -0.39 is 28.3 Å². The number of esters is 1. The molecule has 2 aromatic rings. The Labute approximate surface area is 182 Å². The van der Waals surface area contributed by atoms with Crippen LogP contribution in [-0.2, 0) is 22.0 Å². The van der Waals surface area contributed by atoms with Gasteiger partial charge in [0.2, 0.25) is 0 Å². The molecule has 2 unspecified atom stereocenters. The molecule has 0 saturated heterocycles. The molecule has 166 valence electrons. The van der Waals surface area contributed by atoms with E-state index >= 15 is 0 Å². The van der Waals surface area contributed by atoms with E-state index in [2.05, 4.69) is 0 Å². The minimum Gasteiger partial charge on any atom is -0.459 e. The van der Waals surface area contributed by atoms with E-state index in [1.807, 2.05) is 54.7 Å². The van der Waals surface area contributed by atoms with E-state index in [1.165, 1.54) is 12.1 Å². The molecule has 1 aliphatic rings. The predicted octanol–water partition coefficient (Wildman–Crippen LogP) is 4.82. The average molecular weight is 427 g/mol. The summed E-state index contributed by atoms with van der Waals surface area (Å²) in [5.74, 6) is -0.942. The van der Waals surface area contributed by atoms with E-state index in [9.17, 15) is 14.9 Å². The van der Waals surface area contributed by atoms with Crippen LogP contribution in [0.25, 0.3) is 0 Å². The zero-order valence-corrected chi connectivity index (χ0v) is 19.4. The van der Waals surface area contributed by atoms with Crippen LogP contribution in [0.15, 0.2) is 29.3 Å². The van der Waals surface area contributed by atoms with Crippen molar-refractivity contribution in [3.8, 4) is 0 Å². The Morgan fingerprint density at radius 1 is 1.19 bits per heavy atom. The molecule has 8 heteroatoms. The quantitative estimate of drug-likeness (QED) is 0.398. The number of carbonyl (C=O) groups excluding carboxylic acids is 1. The fourth-order valence-corrected chi connectivity index (χ4v) is 4.01. The van der Waals surface area contributed by atoms with Crippen molar-refractivity contribution in [2.75, 3.05) is 0 Å². The smallest absolute Gasteiger partial charge is 0.316 e. The highest BCUT2D eigenvalue weighted by molar-refractivity contribution is 6.05. The van der Waals surface area contributed by atoms with Crippen molar-refractivity contribution in [2.45, 2.75) is 65.4 Å². The maximum Gasteiger partial charge on any atom is 0.316 e. The predicted molar refractivity (Wildman–Crippen MR) is 119 cm³/mol. The van der Waals surface area contributed by atoms with Crippen molar-refractivity contribution < 1.29 is 14.5 Å². The van der Waals surface area contributed by atoms with Gasteiger partial charge in [-0.25, -0.2) is 4.99 Å². The number of hydrogen-bond donors (Lipinski definition) is 0. The molecule has 0 fully saturated rings. The number of aromatic nitrogens is 2. The van der Waals surface area contributed by atoms with E-state index in [4.69, 9.17) is 14.8 Å². The normalized spacial score (nSPS) is 18.9. The first-order chi connectivity index (χ1) is 14.2. The van der Waals surface area contributed by atoms with E-state index in [-0.39, 0.29) is 11.1 Å². The molecule has 0 aliphatic carbocycles. The monoisotopic (exact) mass is 426 g/mol. The van der Waals surface area contributed by atoms with Gasteiger partial charge in [-0.15, -0.1) is 0 Å². The topological polar surface area (TPSA) is 99.6 Å². The first-order valence-electron chi connectivity index (χ1n) is 10.3. The highest BCUT2D eigenvalue weighted by Crippen LogP contribution is 2.47. The number of aryl methyl sites for hydroxylation is 1. The Morgan fingerprint density at radius 2 is 1.84 bits per heavy atom. The zero-order valence-electron chi connectivity index (χ0n) is 19.4. The maximum absolute atomic E-state index is 13.3. The van der Waals surface area contributed by atoms with Crippen molar-refractivity contribution in [3.05, 3.63) is 51.2 Å². The van der Waals surface area contributed by atoms with Crippen LogP contribution in [0.5, 0.6) is 0 Å². The molecule has 0 spiro atoms. The fraction of sp³-hybridized carbons (Fsp3) is 0.522. The lowest BCUT2D eigenvalue weighted by Crippen LogP contribution is -2.38. The first kappa shape index (κ1) is 22.7. The summed E-state index contributed by atoms with van der Waals surface area (Å²) >= 11 is 0. The number of carbonyl (C=O) groups is 1. The summed E-state index contributed by atoms with van der Waals surface area (Å²) in [7, 11) is 1.82. The number of ether oxygens (including phenoxy) is 1. The van der Waals surface area contributed by atoms with Crippen LogP contribution in [0.2, 0.25) is 0 Å². The summed E-state index contributed by atoms with van der Waals surface area (Å²) < 4.78 is 7.46. The number of nitro benzene ring substituents is 1. The third-order valence-corrected chi connectivity index (χ3v) is 5.24. The molecule has 0 saturated carbocycles. The summed E-state index contributed by atoms with van der Waals surface area (Å²) in [6.45, 7) is 13.4. The van der Waals surface area contributed by atoms with Gasteiger partial charge in [-0.3, -0.25) is 19.6 Å². The summed E-state index contributed by atoms with van der Waals surface area (Å²) in [5.41, 5.74) is 1.88. The van der Waals surface area contributed by atoms with Crippen molar-refractivity contribution in [3.63, 3.8) is 0 Å². The van der Waals surface area contributed by atoms with E-state index in [0.29, 0.717) is 17.1 Å². The van der Waals surface area contributed by atoms with Gasteiger partial charge < -0.3 is 4.74 Å². The summed E-state index contributed by atoms with van der Waals surface area (Å²) in [6.07, 6.45) is 0. The van der Waals surface area contributed by atoms with Gasteiger partial charge in [0.15, 0.2) is 5.82 Å². The Bertz CT molecular complexity index is 1070. The second-order valence-corrected chi connectivity index (χ2v) is 10.1. The van der Waals surface area contributed by atoms with Crippen LogP contribution in [0.4, 0.5) is 11.5 Å². The molecule has 0 bridgehead atoms. The van der Waals surface area contributed by atoms with Gasteiger partial charge in [0.1, 0.15) is 11.5 Å². The molecule has 1 aliphatic heterocycles. The number of rotatable bonds is 3. The number of fused-ring (bicyclic) bond motifs is 1. The molecule has 8 nitrogen and oxygen atoms in total. The van der Waals surface area contributed by atoms with Crippen LogP contribution in [0.3, 0.4) is 0 Å². The molecule has 1 aromatic heterocycles. The third-order valence-electron chi connectivity index (χ3n) is 5.24. The van der Waals surface area contributed by atoms with Crippen LogP contribution in [0, 0.1) is 16.0 Å². The molecule has 3 rings (SSSR count). The fourth-order valence-electron chi connectivity index (χ4n) is 4.01. The standard InChI is InChI=1S/C23H30N4O4/c1-13-16(21(28)31-23(5,6)7)17(14-10-9-11-15(12-14)27(29)30)18-19(22(2,3)4)25-26(8)20(18)24-13/h9-12,16-17H,1-8H3. The second kappa shape index (κ2) is 7.59. The molecule has 0 amide bonds. The molecule has 0 N–H and O–H groups in total. The number of hydrogen-bond acceptors (Lipinski definition) is 6. The van der Waals surface area contributed by atoms with Crippen LogP contribution >= 0.6 is 0 Å². The minimum atomic E-state index is -0.709. The SMILES string of the molecule is CC1=Nc2c(c(C(C)(C)C)nn2C)C(c2cccc([N+](=O)[O-])c2)C1C(=O)OC(C)(C)C. The van der Waals surface area contributed by atoms with Gasteiger partial charge in [0.05, 0.1) is 10.6 Å². The molecule has 1 aromatic carbocycles. The lowest BCUT2D eigenvalue weighted by molar-refractivity contribution is -0.384. The maximum atomic E-state index is 13.3. The van der Waals surface area contributed by atoms with Gasteiger partial charge in [-0.2, -0.15) is 5.10 Å². The molecule has 0 radical (unpaired) electrons. The van der Waals surface area contributed by atoms with Gasteiger partial charge >= 0.3 is 5.97 Å². The van der Waals surface area contributed by atoms with Crippen LogP contribution in [-0.4, -0.2) is 32.0 Å². The molecular formula is C23H30N4O4. The van der Waals surface area contributed by atoms with Crippen LogP contribution < -0.4 is 0 Å². The lowest BCUT2D eigenvalue weighted by atomic mass is 9.73. The third kappa shape index (κ3) is 4.38. The Balaban J connectivity index is 2.30. The van der Waals surface area contributed by atoms with Crippen molar-refractivity contribution in [2.24, 2.45) is 18.0 Å². The first-order valence-corrected chi connectivity index (χ1v) is 10.3. The lowest BCUT2D eigenvalue weighted by Gasteiger charge is -2.33. The molecule has 2 atom stereocenters. The minimum absolute atomic E-state index is 0.0247.